The topological polar surface area (TPSA) is 114 Å². The van der Waals surface area contributed by atoms with Gasteiger partial charge in [-0.15, -0.1) is 0 Å². The maximum absolute atomic E-state index is 5.53. The van der Waals surface area contributed by atoms with Crippen molar-refractivity contribution in [1.29, 1.82) is 0 Å². The van der Waals surface area contributed by atoms with Crippen LogP contribution in [-0.4, -0.2) is 45.1 Å². The summed E-state index contributed by atoms with van der Waals surface area (Å²) in [5.41, 5.74) is 16.4. The third-order valence-electron chi connectivity index (χ3n) is 1.61. The third-order valence-corrected chi connectivity index (χ3v) is 1.61. The molecule has 0 saturated carbocycles. The molecule has 0 heterocycles. The maximum atomic E-state index is 5.53. The first-order valence-electron chi connectivity index (χ1n) is 5.00. The summed E-state index contributed by atoms with van der Waals surface area (Å²) >= 11 is 0. The number of rotatable bonds is 9. The summed E-state index contributed by atoms with van der Waals surface area (Å²) in [6, 6.07) is 0. The van der Waals surface area contributed by atoms with Crippen LogP contribution >= 0.6 is 0 Å². The lowest BCUT2D eigenvalue weighted by molar-refractivity contribution is 0.379. The van der Waals surface area contributed by atoms with Crippen LogP contribution in [0.3, 0.4) is 0 Å². The molecule has 6 heteroatoms. The molecule has 0 unspecified atom stereocenters. The van der Waals surface area contributed by atoms with Crippen LogP contribution in [0.15, 0.2) is 0 Å². The Kier molecular flexibility index (Phi) is 7.96. The molecule has 86 valence electrons. The summed E-state index contributed by atoms with van der Waals surface area (Å²) in [6.45, 7) is 6.75. The number of nitrogens with two attached hydrogens (primary N) is 3. The Labute approximate surface area is 86.0 Å². The highest BCUT2D eigenvalue weighted by Gasteiger charge is 2.07. The van der Waals surface area contributed by atoms with Crippen molar-refractivity contribution in [1.82, 2.24) is 16.0 Å². The van der Waals surface area contributed by atoms with Gasteiger partial charge < -0.3 is 27.8 Å². The van der Waals surface area contributed by atoms with Crippen molar-refractivity contribution < 1.29 is 0 Å². The molecular formula is C8H24N6. The predicted molar refractivity (Wildman–Crippen MR) is 59.6 cm³/mol. The quantitative estimate of drug-likeness (QED) is 0.180. The Morgan fingerprint density at radius 3 is 1.93 bits per heavy atom. The molecule has 14 heavy (non-hydrogen) atoms. The van der Waals surface area contributed by atoms with Crippen molar-refractivity contribution in [2.75, 3.05) is 39.3 Å². The second-order valence-corrected chi connectivity index (χ2v) is 3.50. The van der Waals surface area contributed by atoms with Gasteiger partial charge in [-0.2, -0.15) is 0 Å². The molecule has 0 aliphatic heterocycles. The van der Waals surface area contributed by atoms with E-state index in [0.29, 0.717) is 6.54 Å². The van der Waals surface area contributed by atoms with Crippen molar-refractivity contribution in [2.45, 2.75) is 12.7 Å². The van der Waals surface area contributed by atoms with Gasteiger partial charge in [-0.05, 0) is 6.92 Å². The maximum Gasteiger partial charge on any atom is 0.115 e. The molecule has 0 aromatic rings. The zero-order valence-electron chi connectivity index (χ0n) is 8.97. The summed E-state index contributed by atoms with van der Waals surface area (Å²) in [5.74, 6) is -0.778. The van der Waals surface area contributed by atoms with Crippen molar-refractivity contribution in [2.24, 2.45) is 17.2 Å². The zero-order chi connectivity index (χ0) is 10.9. The van der Waals surface area contributed by atoms with E-state index < -0.39 is 5.79 Å². The van der Waals surface area contributed by atoms with Crippen LogP contribution < -0.4 is 33.2 Å². The summed E-state index contributed by atoms with van der Waals surface area (Å²) in [6.07, 6.45) is 0. The van der Waals surface area contributed by atoms with Crippen LogP contribution in [0.1, 0.15) is 6.92 Å². The highest BCUT2D eigenvalue weighted by molar-refractivity contribution is 4.66. The Morgan fingerprint density at radius 1 is 0.929 bits per heavy atom. The first-order valence-corrected chi connectivity index (χ1v) is 5.00. The molecule has 0 radical (unpaired) electrons. The van der Waals surface area contributed by atoms with Crippen LogP contribution in [0.4, 0.5) is 0 Å². The van der Waals surface area contributed by atoms with Crippen molar-refractivity contribution >= 4 is 0 Å². The minimum Gasteiger partial charge on any atom is -0.329 e. The SMILES string of the molecule is CC(N)(N)NCCNCCNCCN. The van der Waals surface area contributed by atoms with Gasteiger partial charge in [0.05, 0.1) is 0 Å². The lowest BCUT2D eigenvalue weighted by atomic mass is 10.4. The van der Waals surface area contributed by atoms with E-state index in [4.69, 9.17) is 17.2 Å². The molecule has 6 nitrogen and oxygen atoms in total. The minimum atomic E-state index is -0.778. The Morgan fingerprint density at radius 2 is 1.43 bits per heavy atom. The lowest BCUT2D eigenvalue weighted by Gasteiger charge is -2.20. The van der Waals surface area contributed by atoms with Gasteiger partial charge in [-0.3, -0.25) is 5.32 Å². The summed E-state index contributed by atoms with van der Waals surface area (Å²) in [5, 5.41) is 9.40. The normalized spacial score (nSPS) is 12.0. The van der Waals surface area contributed by atoms with Gasteiger partial charge in [0.1, 0.15) is 5.79 Å². The summed E-state index contributed by atoms with van der Waals surface area (Å²) in [4.78, 5) is 0. The van der Waals surface area contributed by atoms with Crippen molar-refractivity contribution in [3.63, 3.8) is 0 Å². The number of hydrogen-bond acceptors (Lipinski definition) is 6. The van der Waals surface area contributed by atoms with Gasteiger partial charge in [-0.25, -0.2) is 0 Å². The van der Waals surface area contributed by atoms with E-state index in [0.717, 1.165) is 32.7 Å². The fraction of sp³-hybridized carbons (Fsp3) is 1.00. The average Bonchev–Trinajstić information content (AvgIpc) is 2.08. The first-order chi connectivity index (χ1) is 6.56. The molecule has 0 saturated heterocycles. The first kappa shape index (κ1) is 13.8. The van der Waals surface area contributed by atoms with Gasteiger partial charge in [0.15, 0.2) is 0 Å². The third kappa shape index (κ3) is 11.8. The molecule has 0 rings (SSSR count). The van der Waals surface area contributed by atoms with Crippen LogP contribution in [0.5, 0.6) is 0 Å². The van der Waals surface area contributed by atoms with Gasteiger partial charge in [0, 0.05) is 39.3 Å². The second kappa shape index (κ2) is 8.10. The summed E-state index contributed by atoms with van der Waals surface area (Å²) < 4.78 is 0. The average molecular weight is 204 g/mol. The smallest absolute Gasteiger partial charge is 0.115 e. The second-order valence-electron chi connectivity index (χ2n) is 3.50. The molecule has 0 aromatic heterocycles. The van der Waals surface area contributed by atoms with E-state index in [9.17, 15) is 0 Å². The van der Waals surface area contributed by atoms with Gasteiger partial charge in [-0.1, -0.05) is 0 Å². The van der Waals surface area contributed by atoms with E-state index in [1.54, 1.807) is 6.92 Å². The fourth-order valence-electron chi connectivity index (χ4n) is 0.949. The van der Waals surface area contributed by atoms with Crippen molar-refractivity contribution in [3.05, 3.63) is 0 Å². The number of hydrogen-bond donors (Lipinski definition) is 6. The Hall–Kier alpha value is -0.240. The van der Waals surface area contributed by atoms with Crippen LogP contribution in [-0.2, 0) is 0 Å². The van der Waals surface area contributed by atoms with E-state index in [-0.39, 0.29) is 0 Å². The Balaban J connectivity index is 2.99. The van der Waals surface area contributed by atoms with Crippen LogP contribution in [0.2, 0.25) is 0 Å². The van der Waals surface area contributed by atoms with Crippen LogP contribution in [0, 0.1) is 0 Å². The van der Waals surface area contributed by atoms with E-state index in [1.165, 1.54) is 0 Å². The molecule has 0 amide bonds. The molecular weight excluding hydrogens is 180 g/mol. The molecule has 0 aromatic carbocycles. The molecule has 0 atom stereocenters. The highest BCUT2D eigenvalue weighted by Crippen LogP contribution is 1.76. The molecule has 0 spiro atoms. The Bertz CT molecular complexity index is 121. The minimum absolute atomic E-state index is 0.681. The van der Waals surface area contributed by atoms with Crippen LogP contribution in [0.25, 0.3) is 0 Å². The van der Waals surface area contributed by atoms with E-state index in [2.05, 4.69) is 16.0 Å². The fourth-order valence-corrected chi connectivity index (χ4v) is 0.949. The lowest BCUT2D eigenvalue weighted by Crippen LogP contribution is -2.59. The van der Waals surface area contributed by atoms with Crippen molar-refractivity contribution in [3.8, 4) is 0 Å². The standard InChI is InChI=1S/C8H24N6/c1-8(10,11)14-7-6-13-5-4-12-3-2-9/h12-14H,2-7,9-11H2,1H3. The van der Waals surface area contributed by atoms with Gasteiger partial charge in [0.2, 0.25) is 0 Å². The molecule has 0 aliphatic carbocycles. The van der Waals surface area contributed by atoms with E-state index >= 15 is 0 Å². The molecule has 0 bridgehead atoms. The largest absolute Gasteiger partial charge is 0.329 e. The highest BCUT2D eigenvalue weighted by atomic mass is 15.2. The van der Waals surface area contributed by atoms with Gasteiger partial charge >= 0.3 is 0 Å². The molecule has 0 fully saturated rings. The predicted octanol–water partition coefficient (Wildman–Crippen LogP) is -2.69. The van der Waals surface area contributed by atoms with E-state index in [1.807, 2.05) is 0 Å². The summed E-state index contributed by atoms with van der Waals surface area (Å²) in [7, 11) is 0. The number of nitrogens with one attached hydrogen (secondary N) is 3. The molecule has 0 aliphatic rings. The zero-order valence-corrected chi connectivity index (χ0v) is 8.97. The van der Waals surface area contributed by atoms with Gasteiger partial charge in [0.25, 0.3) is 0 Å². The monoisotopic (exact) mass is 204 g/mol. The molecule has 9 N–H and O–H groups in total.